The molecule has 0 aromatic heterocycles. The first kappa shape index (κ1) is 11.6. The Morgan fingerprint density at radius 2 is 1.73 bits per heavy atom. The van der Waals surface area contributed by atoms with Crippen molar-refractivity contribution in [2.75, 3.05) is 26.5 Å². The highest BCUT2D eigenvalue weighted by Crippen LogP contribution is 2.33. The first-order chi connectivity index (χ1) is 7.13. The van der Waals surface area contributed by atoms with Crippen LogP contribution in [0.5, 0.6) is 11.5 Å². The summed E-state index contributed by atoms with van der Waals surface area (Å²) in [6, 6.07) is 3.15. The molecule has 5 heteroatoms. The van der Waals surface area contributed by atoms with Crippen LogP contribution in [-0.2, 0) is 0 Å². The fraction of sp³-hybridized carbons (Fsp3) is 0.400. The van der Waals surface area contributed by atoms with E-state index in [9.17, 15) is 0 Å². The van der Waals surface area contributed by atoms with E-state index in [0.29, 0.717) is 23.7 Å². The second kappa shape index (κ2) is 4.86. The number of methoxy groups -OCH3 is 2. The van der Waals surface area contributed by atoms with E-state index in [1.54, 1.807) is 26.4 Å². The predicted octanol–water partition coefficient (Wildman–Crippen LogP) is 0.245. The molecule has 5 nitrogen and oxygen atoms in total. The van der Waals surface area contributed by atoms with Crippen LogP contribution >= 0.6 is 0 Å². The standard InChI is InChI=1S/C10H17N3O2/c1-14-9-3-6(8(13)5-11)7(12)4-10(9)15-2/h3-4,8H,5,11-13H2,1-2H3/t8-/m1/s1. The van der Waals surface area contributed by atoms with Crippen LogP contribution in [0.3, 0.4) is 0 Å². The van der Waals surface area contributed by atoms with Gasteiger partial charge in [-0.15, -0.1) is 0 Å². The van der Waals surface area contributed by atoms with E-state index in [-0.39, 0.29) is 6.04 Å². The van der Waals surface area contributed by atoms with Crippen LogP contribution in [-0.4, -0.2) is 20.8 Å². The molecule has 1 atom stereocenters. The molecule has 84 valence electrons. The van der Waals surface area contributed by atoms with Crippen LogP contribution < -0.4 is 26.7 Å². The molecular weight excluding hydrogens is 194 g/mol. The SMILES string of the molecule is COc1cc(N)c([C@H](N)CN)cc1OC. The Balaban J connectivity index is 3.19. The summed E-state index contributed by atoms with van der Waals surface area (Å²) < 4.78 is 10.3. The van der Waals surface area contributed by atoms with Gasteiger partial charge in [0.05, 0.1) is 14.2 Å². The Labute approximate surface area is 89.1 Å². The maximum absolute atomic E-state index is 5.83. The van der Waals surface area contributed by atoms with E-state index in [2.05, 4.69) is 0 Å². The van der Waals surface area contributed by atoms with Crippen LogP contribution in [0.25, 0.3) is 0 Å². The first-order valence-electron chi connectivity index (χ1n) is 4.61. The molecule has 1 rings (SSSR count). The minimum Gasteiger partial charge on any atom is -0.493 e. The smallest absolute Gasteiger partial charge is 0.162 e. The van der Waals surface area contributed by atoms with Gasteiger partial charge in [0.15, 0.2) is 11.5 Å². The first-order valence-corrected chi connectivity index (χ1v) is 4.61. The number of ether oxygens (including phenoxy) is 2. The number of nitrogens with two attached hydrogens (primary N) is 3. The number of hydrogen-bond acceptors (Lipinski definition) is 5. The highest BCUT2D eigenvalue weighted by molar-refractivity contribution is 5.59. The third kappa shape index (κ3) is 2.31. The molecule has 0 aliphatic rings. The van der Waals surface area contributed by atoms with Crippen molar-refractivity contribution in [3.8, 4) is 11.5 Å². The molecule has 0 saturated heterocycles. The van der Waals surface area contributed by atoms with Crippen LogP contribution in [0.4, 0.5) is 5.69 Å². The summed E-state index contributed by atoms with van der Waals surface area (Å²) in [5, 5.41) is 0. The molecule has 0 heterocycles. The van der Waals surface area contributed by atoms with Crippen molar-refractivity contribution in [1.82, 2.24) is 0 Å². The molecule has 15 heavy (non-hydrogen) atoms. The Morgan fingerprint density at radius 3 is 2.20 bits per heavy atom. The summed E-state index contributed by atoms with van der Waals surface area (Å²) in [5.41, 5.74) is 18.5. The lowest BCUT2D eigenvalue weighted by Crippen LogP contribution is -2.22. The van der Waals surface area contributed by atoms with Crippen molar-refractivity contribution in [2.24, 2.45) is 11.5 Å². The average molecular weight is 211 g/mol. The average Bonchev–Trinajstić information content (AvgIpc) is 2.27. The molecule has 0 bridgehead atoms. The van der Waals surface area contributed by atoms with E-state index in [0.717, 1.165) is 5.56 Å². The summed E-state index contributed by atoms with van der Waals surface area (Å²) in [6.07, 6.45) is 0. The molecule has 0 unspecified atom stereocenters. The lowest BCUT2D eigenvalue weighted by molar-refractivity contribution is 0.354. The van der Waals surface area contributed by atoms with E-state index >= 15 is 0 Å². The third-order valence-corrected chi connectivity index (χ3v) is 2.24. The zero-order valence-corrected chi connectivity index (χ0v) is 8.99. The molecule has 0 spiro atoms. The lowest BCUT2D eigenvalue weighted by Gasteiger charge is -2.16. The molecule has 0 radical (unpaired) electrons. The van der Waals surface area contributed by atoms with Crippen LogP contribution in [0.1, 0.15) is 11.6 Å². The largest absolute Gasteiger partial charge is 0.493 e. The Kier molecular flexibility index (Phi) is 3.76. The van der Waals surface area contributed by atoms with E-state index in [1.165, 1.54) is 0 Å². The molecule has 0 amide bonds. The van der Waals surface area contributed by atoms with Crippen molar-refractivity contribution >= 4 is 5.69 Å². The molecule has 6 N–H and O–H groups in total. The van der Waals surface area contributed by atoms with Crippen LogP contribution in [0.2, 0.25) is 0 Å². The number of benzene rings is 1. The minimum atomic E-state index is -0.287. The van der Waals surface area contributed by atoms with Gasteiger partial charge in [-0.05, 0) is 11.6 Å². The van der Waals surface area contributed by atoms with Gasteiger partial charge in [-0.3, -0.25) is 0 Å². The summed E-state index contributed by atoms with van der Waals surface area (Å²) in [4.78, 5) is 0. The molecule has 0 aliphatic carbocycles. The highest BCUT2D eigenvalue weighted by atomic mass is 16.5. The third-order valence-electron chi connectivity index (χ3n) is 2.24. The number of hydrogen-bond donors (Lipinski definition) is 3. The van der Waals surface area contributed by atoms with Gasteiger partial charge in [-0.2, -0.15) is 0 Å². The highest BCUT2D eigenvalue weighted by Gasteiger charge is 2.13. The lowest BCUT2D eigenvalue weighted by atomic mass is 10.0. The monoisotopic (exact) mass is 211 g/mol. The Hall–Kier alpha value is -1.46. The van der Waals surface area contributed by atoms with Gasteiger partial charge < -0.3 is 26.7 Å². The van der Waals surface area contributed by atoms with Gasteiger partial charge in [0.25, 0.3) is 0 Å². The van der Waals surface area contributed by atoms with Crippen molar-refractivity contribution in [2.45, 2.75) is 6.04 Å². The van der Waals surface area contributed by atoms with Crippen LogP contribution in [0.15, 0.2) is 12.1 Å². The number of nitrogen functional groups attached to an aromatic ring is 1. The van der Waals surface area contributed by atoms with Crippen molar-refractivity contribution < 1.29 is 9.47 Å². The van der Waals surface area contributed by atoms with Crippen molar-refractivity contribution in [3.63, 3.8) is 0 Å². The summed E-state index contributed by atoms with van der Waals surface area (Å²) >= 11 is 0. The van der Waals surface area contributed by atoms with Crippen molar-refractivity contribution in [3.05, 3.63) is 17.7 Å². The topological polar surface area (TPSA) is 96.5 Å². The van der Waals surface area contributed by atoms with E-state index in [1.807, 2.05) is 0 Å². The molecular formula is C10H17N3O2. The van der Waals surface area contributed by atoms with Gasteiger partial charge >= 0.3 is 0 Å². The second-order valence-corrected chi connectivity index (χ2v) is 3.18. The molecule has 1 aromatic carbocycles. The normalized spacial score (nSPS) is 12.3. The van der Waals surface area contributed by atoms with Gasteiger partial charge in [0.1, 0.15) is 0 Å². The summed E-state index contributed by atoms with van der Waals surface area (Å²) in [7, 11) is 3.12. The van der Waals surface area contributed by atoms with Gasteiger partial charge in [0.2, 0.25) is 0 Å². The van der Waals surface area contributed by atoms with Gasteiger partial charge in [0, 0.05) is 24.3 Å². The van der Waals surface area contributed by atoms with Crippen LogP contribution in [0, 0.1) is 0 Å². The Morgan fingerprint density at radius 1 is 1.20 bits per heavy atom. The predicted molar refractivity (Wildman–Crippen MR) is 59.9 cm³/mol. The maximum Gasteiger partial charge on any atom is 0.162 e. The fourth-order valence-corrected chi connectivity index (χ4v) is 1.36. The molecule has 1 aromatic rings. The van der Waals surface area contributed by atoms with Gasteiger partial charge in [-0.25, -0.2) is 0 Å². The second-order valence-electron chi connectivity index (χ2n) is 3.18. The molecule has 0 saturated carbocycles. The number of anilines is 1. The fourth-order valence-electron chi connectivity index (χ4n) is 1.36. The Bertz CT molecular complexity index is 342. The molecule has 0 aliphatic heterocycles. The number of rotatable bonds is 4. The summed E-state index contributed by atoms with van der Waals surface area (Å²) in [6.45, 7) is 0.333. The quantitative estimate of drug-likeness (QED) is 0.620. The minimum absolute atomic E-state index is 0.287. The summed E-state index contributed by atoms with van der Waals surface area (Å²) in [5.74, 6) is 1.19. The van der Waals surface area contributed by atoms with E-state index in [4.69, 9.17) is 26.7 Å². The maximum atomic E-state index is 5.83. The van der Waals surface area contributed by atoms with Gasteiger partial charge in [-0.1, -0.05) is 0 Å². The van der Waals surface area contributed by atoms with Crippen molar-refractivity contribution in [1.29, 1.82) is 0 Å². The zero-order valence-electron chi connectivity index (χ0n) is 8.99. The zero-order chi connectivity index (χ0) is 11.4. The molecule has 0 fully saturated rings. The van der Waals surface area contributed by atoms with E-state index < -0.39 is 0 Å².